The number of carboxylic acid groups (broad SMARTS) is 1. The summed E-state index contributed by atoms with van der Waals surface area (Å²) in [7, 11) is 0. The molecule has 1 fully saturated rings. The number of aliphatic carboxylic acids is 1. The maximum atomic E-state index is 11.9. The molecule has 0 bridgehead atoms. The lowest BCUT2D eigenvalue weighted by Gasteiger charge is -2.27. The number of rotatable bonds is 3. The SMILES string of the molecule is C/C=C(\NC(=O)C1CCCCC1C)C(=O)O. The van der Waals surface area contributed by atoms with Crippen LogP contribution in [0.2, 0.25) is 0 Å². The number of carboxylic acids is 1. The molecule has 0 aromatic carbocycles. The van der Waals surface area contributed by atoms with E-state index in [1.807, 2.05) is 0 Å². The third-order valence-electron chi connectivity index (χ3n) is 3.23. The third-order valence-corrected chi connectivity index (χ3v) is 3.23. The molecule has 2 N–H and O–H groups in total. The van der Waals surface area contributed by atoms with Gasteiger partial charge in [-0.15, -0.1) is 0 Å². The topological polar surface area (TPSA) is 66.4 Å². The van der Waals surface area contributed by atoms with Crippen molar-refractivity contribution in [3.8, 4) is 0 Å². The van der Waals surface area contributed by atoms with E-state index in [1.54, 1.807) is 6.92 Å². The average molecular weight is 225 g/mol. The van der Waals surface area contributed by atoms with E-state index in [4.69, 9.17) is 5.11 Å². The van der Waals surface area contributed by atoms with Gasteiger partial charge in [-0.2, -0.15) is 0 Å². The molecule has 2 unspecified atom stereocenters. The molecule has 2 atom stereocenters. The molecule has 4 heteroatoms. The van der Waals surface area contributed by atoms with Gasteiger partial charge in [0.15, 0.2) is 0 Å². The van der Waals surface area contributed by atoms with Crippen molar-refractivity contribution in [2.75, 3.05) is 0 Å². The van der Waals surface area contributed by atoms with Crippen LogP contribution in [0.1, 0.15) is 39.5 Å². The number of amides is 1. The van der Waals surface area contributed by atoms with Gasteiger partial charge in [-0.3, -0.25) is 4.79 Å². The lowest BCUT2D eigenvalue weighted by atomic mass is 9.80. The first-order valence-corrected chi connectivity index (χ1v) is 5.76. The van der Waals surface area contributed by atoms with Crippen LogP contribution in [0.5, 0.6) is 0 Å². The van der Waals surface area contributed by atoms with Gasteiger partial charge in [-0.25, -0.2) is 4.79 Å². The smallest absolute Gasteiger partial charge is 0.352 e. The Kier molecular flexibility index (Phi) is 4.52. The largest absolute Gasteiger partial charge is 0.477 e. The molecule has 0 aromatic rings. The Bertz CT molecular complexity index is 309. The lowest BCUT2D eigenvalue weighted by Crippen LogP contribution is -2.37. The summed E-state index contributed by atoms with van der Waals surface area (Å²) < 4.78 is 0. The molecule has 0 aliphatic heterocycles. The Morgan fingerprint density at radius 3 is 2.44 bits per heavy atom. The van der Waals surface area contributed by atoms with Crippen molar-refractivity contribution in [3.05, 3.63) is 11.8 Å². The zero-order valence-corrected chi connectivity index (χ0v) is 9.82. The van der Waals surface area contributed by atoms with Crippen molar-refractivity contribution in [1.29, 1.82) is 0 Å². The van der Waals surface area contributed by atoms with Gasteiger partial charge >= 0.3 is 5.97 Å². The van der Waals surface area contributed by atoms with Crippen LogP contribution in [-0.2, 0) is 9.59 Å². The summed E-state index contributed by atoms with van der Waals surface area (Å²) in [5.74, 6) is -0.925. The fourth-order valence-corrected chi connectivity index (χ4v) is 2.18. The van der Waals surface area contributed by atoms with E-state index in [0.717, 1.165) is 19.3 Å². The molecule has 1 aliphatic carbocycles. The number of hydrogen-bond acceptors (Lipinski definition) is 2. The highest BCUT2D eigenvalue weighted by Crippen LogP contribution is 2.29. The summed E-state index contributed by atoms with van der Waals surface area (Å²) in [5, 5.41) is 11.3. The molecule has 0 saturated heterocycles. The summed E-state index contributed by atoms with van der Waals surface area (Å²) in [4.78, 5) is 22.6. The predicted molar refractivity (Wildman–Crippen MR) is 60.7 cm³/mol. The minimum Gasteiger partial charge on any atom is -0.477 e. The monoisotopic (exact) mass is 225 g/mol. The van der Waals surface area contributed by atoms with Gasteiger partial charge in [0, 0.05) is 5.92 Å². The maximum absolute atomic E-state index is 11.9. The zero-order valence-electron chi connectivity index (χ0n) is 9.82. The first-order chi connectivity index (χ1) is 7.56. The molecule has 1 saturated carbocycles. The molecule has 0 spiro atoms. The molecule has 0 aromatic heterocycles. The highest BCUT2D eigenvalue weighted by Gasteiger charge is 2.28. The van der Waals surface area contributed by atoms with Crippen molar-refractivity contribution in [3.63, 3.8) is 0 Å². The summed E-state index contributed by atoms with van der Waals surface area (Å²) in [6, 6.07) is 0. The fraction of sp³-hybridized carbons (Fsp3) is 0.667. The third kappa shape index (κ3) is 3.08. The van der Waals surface area contributed by atoms with Crippen molar-refractivity contribution >= 4 is 11.9 Å². The molecular formula is C12H19NO3. The van der Waals surface area contributed by atoms with E-state index in [9.17, 15) is 9.59 Å². The predicted octanol–water partition coefficient (Wildman–Crippen LogP) is 1.92. The van der Waals surface area contributed by atoms with Crippen LogP contribution < -0.4 is 5.32 Å². The summed E-state index contributed by atoms with van der Waals surface area (Å²) in [6.45, 7) is 3.66. The number of carbonyl (C=O) groups is 2. The molecule has 16 heavy (non-hydrogen) atoms. The van der Waals surface area contributed by atoms with Crippen molar-refractivity contribution in [2.45, 2.75) is 39.5 Å². The Balaban J connectivity index is 2.60. The number of allylic oxidation sites excluding steroid dienone is 1. The summed E-state index contributed by atoms with van der Waals surface area (Å²) >= 11 is 0. The second-order valence-corrected chi connectivity index (χ2v) is 4.36. The number of hydrogen-bond donors (Lipinski definition) is 2. The van der Waals surface area contributed by atoms with Gasteiger partial charge in [0.2, 0.25) is 5.91 Å². The Hall–Kier alpha value is -1.32. The van der Waals surface area contributed by atoms with Crippen LogP contribution in [-0.4, -0.2) is 17.0 Å². The van der Waals surface area contributed by atoms with Gasteiger partial charge in [0.25, 0.3) is 0 Å². The van der Waals surface area contributed by atoms with Gasteiger partial charge in [0.05, 0.1) is 0 Å². The summed E-state index contributed by atoms with van der Waals surface area (Å²) in [6.07, 6.45) is 5.55. The van der Waals surface area contributed by atoms with Crippen LogP contribution in [0.3, 0.4) is 0 Å². The highest BCUT2D eigenvalue weighted by atomic mass is 16.4. The standard InChI is InChI=1S/C12H19NO3/c1-3-10(12(15)16)13-11(14)9-7-5-4-6-8(9)2/h3,8-9H,4-7H2,1-2H3,(H,13,14)(H,15,16)/b10-3-. The second-order valence-electron chi connectivity index (χ2n) is 4.36. The zero-order chi connectivity index (χ0) is 12.1. The second kappa shape index (κ2) is 5.68. The van der Waals surface area contributed by atoms with Crippen LogP contribution in [0.4, 0.5) is 0 Å². The van der Waals surface area contributed by atoms with Gasteiger partial charge in [0.1, 0.15) is 5.70 Å². The van der Waals surface area contributed by atoms with Crippen LogP contribution in [0.25, 0.3) is 0 Å². The first-order valence-electron chi connectivity index (χ1n) is 5.76. The molecule has 1 aliphatic rings. The van der Waals surface area contributed by atoms with Gasteiger partial charge in [-0.1, -0.05) is 25.8 Å². The van der Waals surface area contributed by atoms with Gasteiger partial charge < -0.3 is 10.4 Å². The molecule has 1 rings (SSSR count). The van der Waals surface area contributed by atoms with Crippen molar-refractivity contribution in [2.24, 2.45) is 11.8 Å². The van der Waals surface area contributed by atoms with E-state index < -0.39 is 5.97 Å². The first kappa shape index (κ1) is 12.7. The lowest BCUT2D eigenvalue weighted by molar-refractivity contribution is -0.135. The number of carbonyl (C=O) groups excluding carboxylic acids is 1. The molecule has 90 valence electrons. The van der Waals surface area contributed by atoms with Gasteiger partial charge in [-0.05, 0) is 25.7 Å². The summed E-state index contributed by atoms with van der Waals surface area (Å²) in [5.41, 5.74) is -0.0252. The van der Waals surface area contributed by atoms with Crippen molar-refractivity contribution in [1.82, 2.24) is 5.32 Å². The molecule has 0 radical (unpaired) electrons. The van der Waals surface area contributed by atoms with E-state index in [-0.39, 0.29) is 17.5 Å². The molecular weight excluding hydrogens is 206 g/mol. The Labute approximate surface area is 95.7 Å². The quantitative estimate of drug-likeness (QED) is 0.721. The van der Waals surface area contributed by atoms with E-state index >= 15 is 0 Å². The molecule has 4 nitrogen and oxygen atoms in total. The maximum Gasteiger partial charge on any atom is 0.352 e. The Morgan fingerprint density at radius 1 is 1.31 bits per heavy atom. The van der Waals surface area contributed by atoms with E-state index in [1.165, 1.54) is 12.5 Å². The highest BCUT2D eigenvalue weighted by molar-refractivity contribution is 5.93. The van der Waals surface area contributed by atoms with E-state index in [0.29, 0.717) is 5.92 Å². The number of nitrogens with one attached hydrogen (secondary N) is 1. The van der Waals surface area contributed by atoms with Crippen LogP contribution in [0, 0.1) is 11.8 Å². The fourth-order valence-electron chi connectivity index (χ4n) is 2.18. The molecule has 1 amide bonds. The average Bonchev–Trinajstić information content (AvgIpc) is 2.25. The van der Waals surface area contributed by atoms with Crippen LogP contribution >= 0.6 is 0 Å². The Morgan fingerprint density at radius 2 is 1.94 bits per heavy atom. The van der Waals surface area contributed by atoms with Crippen molar-refractivity contribution < 1.29 is 14.7 Å². The molecule has 0 heterocycles. The minimum absolute atomic E-state index is 0.0252. The normalized spacial score (nSPS) is 26.2. The minimum atomic E-state index is -1.08. The van der Waals surface area contributed by atoms with E-state index in [2.05, 4.69) is 12.2 Å². The van der Waals surface area contributed by atoms with Crippen LogP contribution in [0.15, 0.2) is 11.8 Å².